The van der Waals surface area contributed by atoms with E-state index < -0.39 is 0 Å². The van der Waals surface area contributed by atoms with Gasteiger partial charge in [0.15, 0.2) is 4.34 Å². The zero-order valence-corrected chi connectivity index (χ0v) is 8.63. The van der Waals surface area contributed by atoms with Gasteiger partial charge in [0.25, 0.3) is 0 Å². The molecule has 0 aliphatic carbocycles. The number of rotatable bonds is 3. The van der Waals surface area contributed by atoms with Gasteiger partial charge in [-0.3, -0.25) is 4.79 Å². The average Bonchev–Trinajstić information content (AvgIpc) is 2.31. The number of nitrogens with two attached hydrogens (primary N) is 1. The highest BCUT2D eigenvalue weighted by atomic mass is 79.9. The fraction of sp³-hybridized carbons (Fsp3) is 0.200. The highest BCUT2D eigenvalue weighted by Crippen LogP contribution is 2.24. The first kappa shape index (κ1) is 9.02. The molecule has 2 N–H and O–H groups in total. The van der Waals surface area contributed by atoms with Gasteiger partial charge in [-0.25, -0.2) is 4.98 Å². The molecule has 3 nitrogen and oxygen atoms in total. The second-order valence-corrected chi connectivity index (χ2v) is 4.58. The predicted molar refractivity (Wildman–Crippen MR) is 49.7 cm³/mol. The van der Waals surface area contributed by atoms with Crippen molar-refractivity contribution < 1.29 is 4.79 Å². The fourth-order valence-corrected chi connectivity index (χ4v) is 2.55. The van der Waals surface area contributed by atoms with Crippen LogP contribution >= 0.6 is 39.0 Å². The molecule has 0 aliphatic heterocycles. The summed E-state index contributed by atoms with van der Waals surface area (Å²) in [4.78, 5) is 14.4. The summed E-state index contributed by atoms with van der Waals surface area (Å²) in [6.45, 7) is 0. The van der Waals surface area contributed by atoms with Gasteiger partial charge in [0.05, 0.1) is 5.75 Å². The Morgan fingerprint density at radius 3 is 3.09 bits per heavy atom. The van der Waals surface area contributed by atoms with Crippen LogP contribution in [0.4, 0.5) is 0 Å². The lowest BCUT2D eigenvalue weighted by atomic mass is 10.8. The molecule has 0 saturated heterocycles. The normalized spacial score (nSPS) is 9.91. The Morgan fingerprint density at radius 1 is 1.91 bits per heavy atom. The van der Waals surface area contributed by atoms with Crippen LogP contribution in [0.15, 0.2) is 14.3 Å². The molecule has 1 amide bonds. The molecule has 6 heteroatoms. The van der Waals surface area contributed by atoms with E-state index in [1.807, 2.05) is 5.38 Å². The summed E-state index contributed by atoms with van der Waals surface area (Å²) >= 11 is 6.05. The van der Waals surface area contributed by atoms with Crippen molar-refractivity contribution in [3.8, 4) is 0 Å². The monoisotopic (exact) mass is 252 g/mol. The Kier molecular flexibility index (Phi) is 3.35. The Bertz CT molecular complexity index is 263. The number of aromatic nitrogens is 1. The minimum Gasteiger partial charge on any atom is -0.369 e. The molecule has 0 unspecified atom stereocenters. The number of hydrogen-bond donors (Lipinski definition) is 1. The molecule has 0 radical (unpaired) electrons. The Morgan fingerprint density at radius 2 is 2.64 bits per heavy atom. The van der Waals surface area contributed by atoms with Gasteiger partial charge in [-0.15, -0.1) is 11.3 Å². The molecular weight excluding hydrogens is 248 g/mol. The average molecular weight is 253 g/mol. The van der Waals surface area contributed by atoms with Crippen molar-refractivity contribution in [1.29, 1.82) is 0 Å². The maximum absolute atomic E-state index is 10.3. The van der Waals surface area contributed by atoms with E-state index in [0.717, 1.165) is 8.94 Å². The molecule has 60 valence electrons. The van der Waals surface area contributed by atoms with E-state index in [0.29, 0.717) is 5.75 Å². The molecular formula is C5H5BrN2OS2. The quantitative estimate of drug-likeness (QED) is 0.830. The number of thioether (sulfide) groups is 1. The van der Waals surface area contributed by atoms with Gasteiger partial charge in [-0.05, 0) is 15.9 Å². The summed E-state index contributed by atoms with van der Waals surface area (Å²) in [6, 6.07) is 0. The van der Waals surface area contributed by atoms with Gasteiger partial charge < -0.3 is 5.73 Å². The van der Waals surface area contributed by atoms with Crippen LogP contribution in [0.5, 0.6) is 0 Å². The lowest BCUT2D eigenvalue weighted by Gasteiger charge is -1.89. The zero-order chi connectivity index (χ0) is 8.27. The van der Waals surface area contributed by atoms with Crippen molar-refractivity contribution in [2.24, 2.45) is 5.73 Å². The van der Waals surface area contributed by atoms with E-state index in [-0.39, 0.29) is 5.91 Å². The second-order valence-electron chi connectivity index (χ2n) is 1.69. The van der Waals surface area contributed by atoms with Crippen LogP contribution in [-0.2, 0) is 4.79 Å². The van der Waals surface area contributed by atoms with Crippen LogP contribution in [0, 0.1) is 0 Å². The van der Waals surface area contributed by atoms with Gasteiger partial charge in [-0.1, -0.05) is 11.8 Å². The summed E-state index contributed by atoms with van der Waals surface area (Å²) in [6.07, 6.45) is 0. The number of carbonyl (C=O) groups is 1. The van der Waals surface area contributed by atoms with Crippen molar-refractivity contribution in [3.05, 3.63) is 9.98 Å². The number of hydrogen-bond acceptors (Lipinski definition) is 4. The third kappa shape index (κ3) is 3.22. The molecule has 0 aromatic carbocycles. The summed E-state index contributed by atoms with van der Waals surface area (Å²) < 4.78 is 1.66. The van der Waals surface area contributed by atoms with Crippen LogP contribution in [-0.4, -0.2) is 16.6 Å². The molecule has 0 bridgehead atoms. The number of thiazole rings is 1. The summed E-state index contributed by atoms with van der Waals surface area (Å²) in [5.74, 6) is -0.0266. The molecule has 1 rings (SSSR count). The lowest BCUT2D eigenvalue weighted by Crippen LogP contribution is -2.12. The molecule has 0 aliphatic rings. The molecule has 1 aromatic heterocycles. The molecule has 11 heavy (non-hydrogen) atoms. The Balaban J connectivity index is 2.45. The van der Waals surface area contributed by atoms with Crippen LogP contribution in [0.2, 0.25) is 0 Å². The largest absolute Gasteiger partial charge is 0.369 e. The second kappa shape index (κ2) is 4.08. The van der Waals surface area contributed by atoms with Crippen LogP contribution in [0.3, 0.4) is 0 Å². The van der Waals surface area contributed by atoms with Gasteiger partial charge in [0.2, 0.25) is 5.91 Å². The molecule has 0 atom stereocenters. The van der Waals surface area contributed by atoms with Gasteiger partial charge >= 0.3 is 0 Å². The van der Waals surface area contributed by atoms with E-state index in [4.69, 9.17) is 5.73 Å². The number of amides is 1. The number of halogens is 1. The summed E-state index contributed by atoms with van der Waals surface area (Å²) in [5, 5.41) is 1.86. The van der Waals surface area contributed by atoms with Crippen molar-refractivity contribution in [1.82, 2.24) is 4.98 Å². The smallest absolute Gasteiger partial charge is 0.227 e. The molecule has 1 heterocycles. The first-order valence-corrected chi connectivity index (χ1v) is 5.36. The number of primary amides is 1. The van der Waals surface area contributed by atoms with Crippen LogP contribution < -0.4 is 5.73 Å². The highest BCUT2D eigenvalue weighted by molar-refractivity contribution is 9.10. The van der Waals surface area contributed by atoms with Crippen molar-refractivity contribution in [3.63, 3.8) is 0 Å². The minimum atomic E-state index is -0.318. The van der Waals surface area contributed by atoms with Crippen LogP contribution in [0.25, 0.3) is 0 Å². The number of carbonyl (C=O) groups excluding carboxylic acids is 1. The van der Waals surface area contributed by atoms with E-state index in [2.05, 4.69) is 20.9 Å². The highest BCUT2D eigenvalue weighted by Gasteiger charge is 2.01. The van der Waals surface area contributed by atoms with Gasteiger partial charge in [0.1, 0.15) is 4.60 Å². The zero-order valence-electron chi connectivity index (χ0n) is 5.41. The van der Waals surface area contributed by atoms with Crippen molar-refractivity contribution >= 4 is 44.9 Å². The van der Waals surface area contributed by atoms with E-state index >= 15 is 0 Å². The first-order valence-electron chi connectivity index (χ1n) is 2.70. The van der Waals surface area contributed by atoms with E-state index in [1.165, 1.54) is 23.1 Å². The Labute approximate surface area is 80.5 Å². The predicted octanol–water partition coefficient (Wildman–Crippen LogP) is 1.48. The maximum atomic E-state index is 10.3. The number of nitrogens with zero attached hydrogens (tertiary/aromatic N) is 1. The van der Waals surface area contributed by atoms with E-state index in [1.54, 1.807) is 0 Å². The van der Waals surface area contributed by atoms with E-state index in [9.17, 15) is 4.79 Å². The van der Waals surface area contributed by atoms with Gasteiger partial charge in [-0.2, -0.15) is 0 Å². The maximum Gasteiger partial charge on any atom is 0.227 e. The fourth-order valence-electron chi connectivity index (χ4n) is 0.438. The Hall–Kier alpha value is -0.0700. The van der Waals surface area contributed by atoms with Crippen molar-refractivity contribution in [2.45, 2.75) is 4.34 Å². The first-order chi connectivity index (χ1) is 5.18. The molecule has 1 aromatic rings. The topological polar surface area (TPSA) is 56.0 Å². The standard InChI is InChI=1S/C5H5BrN2OS2/c6-3-1-10-5(8-3)11-2-4(7)9/h1H,2H2,(H2,7,9). The molecule has 0 spiro atoms. The SMILES string of the molecule is NC(=O)CSc1nc(Br)cs1. The van der Waals surface area contributed by atoms with Crippen LogP contribution in [0.1, 0.15) is 0 Å². The molecule has 0 fully saturated rings. The van der Waals surface area contributed by atoms with Crippen molar-refractivity contribution in [2.75, 3.05) is 5.75 Å². The minimum absolute atomic E-state index is 0.292. The third-order valence-electron chi connectivity index (χ3n) is 0.793. The third-order valence-corrected chi connectivity index (χ3v) is 3.55. The van der Waals surface area contributed by atoms with Gasteiger partial charge in [0, 0.05) is 5.38 Å². The lowest BCUT2D eigenvalue weighted by molar-refractivity contribution is -0.115. The summed E-state index contributed by atoms with van der Waals surface area (Å²) in [5.41, 5.74) is 4.95. The molecule has 0 saturated carbocycles. The summed E-state index contributed by atoms with van der Waals surface area (Å²) in [7, 11) is 0.